The fourth-order valence-electron chi connectivity index (χ4n) is 4.19. The average molecular weight is 521 g/mol. The highest BCUT2D eigenvalue weighted by Crippen LogP contribution is 2.38. The van der Waals surface area contributed by atoms with Crippen molar-refractivity contribution in [3.63, 3.8) is 0 Å². The molecule has 1 saturated carbocycles. The van der Waals surface area contributed by atoms with Gasteiger partial charge in [0.1, 0.15) is 12.2 Å². The van der Waals surface area contributed by atoms with Crippen LogP contribution in [-0.4, -0.2) is 54.4 Å². The Labute approximate surface area is 202 Å². The summed E-state index contributed by atoms with van der Waals surface area (Å²) >= 11 is 0. The Kier molecular flexibility index (Phi) is 6.88. The van der Waals surface area contributed by atoms with Gasteiger partial charge in [-0.1, -0.05) is 0 Å². The molecule has 2 heterocycles. The highest BCUT2D eigenvalue weighted by molar-refractivity contribution is 6.03. The van der Waals surface area contributed by atoms with Crippen LogP contribution in [0.5, 0.6) is 5.75 Å². The molecule has 1 N–H and O–H groups in total. The van der Waals surface area contributed by atoms with Crippen LogP contribution in [0.4, 0.5) is 38.0 Å². The molecule has 1 unspecified atom stereocenters. The van der Waals surface area contributed by atoms with Gasteiger partial charge in [0.2, 0.25) is 0 Å². The van der Waals surface area contributed by atoms with Crippen LogP contribution >= 0.6 is 0 Å². The number of carbonyl (C=O) groups excluding carboxylic acids is 1. The molecule has 0 radical (unpaired) electrons. The van der Waals surface area contributed by atoms with Gasteiger partial charge in [0.25, 0.3) is 17.8 Å². The molecular weight excluding hydrogens is 496 g/mol. The first-order valence-electron chi connectivity index (χ1n) is 11.3. The number of benzene rings is 1. The Bertz CT molecular complexity index is 1120. The number of nitrogens with zero attached hydrogens (tertiary/aromatic N) is 2. The number of anilines is 2. The molecule has 4 rings (SSSR count). The molecule has 36 heavy (non-hydrogen) atoms. The van der Waals surface area contributed by atoms with Crippen LogP contribution in [0.25, 0.3) is 0 Å². The van der Waals surface area contributed by atoms with E-state index in [1.807, 2.05) is 0 Å². The Morgan fingerprint density at radius 3 is 2.67 bits per heavy atom. The Morgan fingerprint density at radius 1 is 1.31 bits per heavy atom. The second-order valence-corrected chi connectivity index (χ2v) is 9.45. The summed E-state index contributed by atoms with van der Waals surface area (Å²) in [5.41, 5.74) is -1.33. The molecule has 2 aliphatic rings. The van der Waals surface area contributed by atoms with Gasteiger partial charge in [0, 0.05) is 24.7 Å². The summed E-state index contributed by atoms with van der Waals surface area (Å²) in [7, 11) is 0. The number of ether oxygens (including phenoxy) is 2. The Morgan fingerprint density at radius 2 is 2.06 bits per heavy atom. The monoisotopic (exact) mass is 521 g/mol. The molecule has 2 fully saturated rings. The maximum atomic E-state index is 14.5. The number of aromatic nitrogens is 1. The maximum absolute atomic E-state index is 14.5. The SMILES string of the molecule is CC1(C)CN(c2nc(C(=O)Nc3ccc(OC4CCCC4(F)F)c(F)c3)c(CC(F)(F)F)o2)CCO1. The van der Waals surface area contributed by atoms with Gasteiger partial charge < -0.3 is 24.1 Å². The summed E-state index contributed by atoms with van der Waals surface area (Å²) in [5.74, 6) is -6.25. The van der Waals surface area contributed by atoms with Gasteiger partial charge in [-0.05, 0) is 38.8 Å². The van der Waals surface area contributed by atoms with E-state index in [1.54, 1.807) is 18.7 Å². The van der Waals surface area contributed by atoms with Crippen molar-refractivity contribution in [2.75, 3.05) is 29.9 Å². The lowest BCUT2D eigenvalue weighted by Gasteiger charge is -2.37. The van der Waals surface area contributed by atoms with E-state index in [1.165, 1.54) is 6.07 Å². The van der Waals surface area contributed by atoms with E-state index in [0.29, 0.717) is 6.54 Å². The number of halogens is 6. The van der Waals surface area contributed by atoms with E-state index in [-0.39, 0.29) is 44.1 Å². The van der Waals surface area contributed by atoms with Gasteiger partial charge >= 0.3 is 6.18 Å². The summed E-state index contributed by atoms with van der Waals surface area (Å²) in [6, 6.07) is 2.93. The summed E-state index contributed by atoms with van der Waals surface area (Å²) < 4.78 is 97.5. The molecule has 1 aromatic carbocycles. The number of oxazole rings is 1. The van der Waals surface area contributed by atoms with Crippen molar-refractivity contribution >= 4 is 17.6 Å². The Hall–Kier alpha value is -2.96. The van der Waals surface area contributed by atoms with Crippen LogP contribution in [0.3, 0.4) is 0 Å². The van der Waals surface area contributed by atoms with Gasteiger partial charge in [-0.2, -0.15) is 18.2 Å². The highest BCUT2D eigenvalue weighted by Gasteiger charge is 2.46. The van der Waals surface area contributed by atoms with Crippen LogP contribution in [-0.2, 0) is 11.2 Å². The Balaban J connectivity index is 1.53. The van der Waals surface area contributed by atoms with Crippen molar-refractivity contribution in [3.05, 3.63) is 35.5 Å². The predicted molar refractivity (Wildman–Crippen MR) is 116 cm³/mol. The molecule has 198 valence electrons. The largest absolute Gasteiger partial charge is 0.481 e. The van der Waals surface area contributed by atoms with Gasteiger partial charge in [0.15, 0.2) is 23.4 Å². The van der Waals surface area contributed by atoms with E-state index in [4.69, 9.17) is 13.9 Å². The van der Waals surface area contributed by atoms with Crippen molar-refractivity contribution in [1.29, 1.82) is 0 Å². The topological polar surface area (TPSA) is 76.8 Å². The molecule has 1 aliphatic heterocycles. The van der Waals surface area contributed by atoms with Gasteiger partial charge in [-0.3, -0.25) is 4.79 Å². The first-order valence-corrected chi connectivity index (χ1v) is 11.3. The fourth-order valence-corrected chi connectivity index (χ4v) is 4.19. The molecule has 1 saturated heterocycles. The third-order valence-corrected chi connectivity index (χ3v) is 5.86. The minimum Gasteiger partial charge on any atom is -0.481 e. The third kappa shape index (κ3) is 6.05. The fraction of sp³-hybridized carbons (Fsp3) is 0.565. The standard InChI is InChI=1S/C23H25F6N3O4/c1-21(2)12-32(8-9-34-21)20-31-18(16(36-20)11-23(27,28)29)19(33)30-13-5-6-15(14(24)10-13)35-17-4-3-7-22(17,25)26/h5-6,10,17H,3-4,7-9,11-12H2,1-2H3,(H,30,33). The van der Waals surface area contributed by atoms with Crippen molar-refractivity contribution in [2.45, 2.75) is 63.3 Å². The van der Waals surface area contributed by atoms with Crippen molar-refractivity contribution in [3.8, 4) is 5.75 Å². The van der Waals surface area contributed by atoms with Gasteiger partial charge in [-0.25, -0.2) is 13.2 Å². The zero-order chi connectivity index (χ0) is 26.3. The van der Waals surface area contributed by atoms with Gasteiger partial charge in [-0.15, -0.1) is 0 Å². The molecule has 0 spiro atoms. The maximum Gasteiger partial charge on any atom is 0.396 e. The number of carbonyl (C=O) groups is 1. The normalized spacial score (nSPS) is 21.4. The number of rotatable bonds is 6. The predicted octanol–water partition coefficient (Wildman–Crippen LogP) is 5.35. The van der Waals surface area contributed by atoms with E-state index < -0.39 is 59.2 Å². The van der Waals surface area contributed by atoms with Crippen LogP contribution in [0, 0.1) is 5.82 Å². The lowest BCUT2D eigenvalue weighted by Crippen LogP contribution is -2.48. The number of hydrogen-bond acceptors (Lipinski definition) is 6. The smallest absolute Gasteiger partial charge is 0.396 e. The second kappa shape index (κ2) is 9.49. The quantitative estimate of drug-likeness (QED) is 0.517. The molecule has 1 aliphatic carbocycles. The molecule has 1 atom stereocenters. The van der Waals surface area contributed by atoms with Crippen LogP contribution in [0.2, 0.25) is 0 Å². The van der Waals surface area contributed by atoms with Crippen LogP contribution < -0.4 is 15.0 Å². The van der Waals surface area contributed by atoms with Crippen molar-refractivity contribution < 1.29 is 45.0 Å². The van der Waals surface area contributed by atoms with E-state index >= 15 is 0 Å². The minimum atomic E-state index is -4.68. The van der Waals surface area contributed by atoms with Crippen molar-refractivity contribution in [1.82, 2.24) is 4.98 Å². The number of hydrogen-bond donors (Lipinski definition) is 1. The number of amides is 1. The van der Waals surface area contributed by atoms with E-state index in [9.17, 15) is 31.1 Å². The third-order valence-electron chi connectivity index (χ3n) is 5.86. The lowest BCUT2D eigenvalue weighted by molar-refractivity contribution is -0.130. The van der Waals surface area contributed by atoms with Gasteiger partial charge in [0.05, 0.1) is 18.8 Å². The first kappa shape index (κ1) is 26.1. The van der Waals surface area contributed by atoms with E-state index in [0.717, 1.165) is 12.1 Å². The highest BCUT2D eigenvalue weighted by atomic mass is 19.4. The number of morpholine rings is 1. The molecule has 1 aromatic heterocycles. The molecular formula is C23H25F6N3O4. The van der Waals surface area contributed by atoms with Crippen LogP contribution in [0.1, 0.15) is 49.4 Å². The number of nitrogens with one attached hydrogen (secondary N) is 1. The zero-order valence-corrected chi connectivity index (χ0v) is 19.6. The molecule has 13 heteroatoms. The lowest BCUT2D eigenvalue weighted by atomic mass is 10.1. The second-order valence-electron chi connectivity index (χ2n) is 9.45. The zero-order valence-electron chi connectivity index (χ0n) is 19.6. The van der Waals surface area contributed by atoms with Crippen molar-refractivity contribution in [2.24, 2.45) is 0 Å². The van der Waals surface area contributed by atoms with Crippen LogP contribution in [0.15, 0.2) is 22.6 Å². The summed E-state index contributed by atoms with van der Waals surface area (Å²) in [6.07, 6.45) is -7.71. The minimum absolute atomic E-state index is 0.0712. The summed E-state index contributed by atoms with van der Waals surface area (Å²) in [5, 5.41) is 2.28. The molecule has 2 aromatic rings. The number of alkyl halides is 5. The molecule has 7 nitrogen and oxygen atoms in total. The molecule has 0 bridgehead atoms. The van der Waals surface area contributed by atoms with E-state index in [2.05, 4.69) is 10.3 Å². The first-order chi connectivity index (χ1) is 16.7. The summed E-state index contributed by atoms with van der Waals surface area (Å²) in [6.45, 7) is 4.44. The summed E-state index contributed by atoms with van der Waals surface area (Å²) in [4.78, 5) is 18.4. The molecule has 1 amide bonds. The average Bonchev–Trinajstić information content (AvgIpc) is 3.30.